The predicted octanol–water partition coefficient (Wildman–Crippen LogP) is 3.68. The van der Waals surface area contributed by atoms with E-state index in [1.165, 1.54) is 0 Å². The number of hydrogen-bond acceptors (Lipinski definition) is 6. The Kier molecular flexibility index (Phi) is 6.14. The van der Waals surface area contributed by atoms with E-state index < -0.39 is 0 Å². The number of rotatable bonds is 8. The van der Waals surface area contributed by atoms with Crippen molar-refractivity contribution in [1.29, 1.82) is 0 Å². The molecule has 2 amide bonds. The minimum atomic E-state index is -0.361. The van der Waals surface area contributed by atoms with Crippen LogP contribution >= 0.6 is 0 Å². The highest BCUT2D eigenvalue weighted by Gasteiger charge is 2.55. The SMILES string of the molecule is CCc1noc(C)c1CNC(=O)C12CCC(C(=O)NCc3c(CC)noc3C)(CC1)CC2. The third kappa shape index (κ3) is 3.84. The Bertz CT molecular complexity index is 901. The molecule has 3 saturated carbocycles. The molecule has 0 aliphatic heterocycles. The maximum atomic E-state index is 13.2. The Morgan fingerprint density at radius 1 is 0.750 bits per heavy atom. The number of amides is 2. The first kappa shape index (κ1) is 22.6. The Morgan fingerprint density at radius 3 is 1.41 bits per heavy atom. The Balaban J connectivity index is 1.35. The van der Waals surface area contributed by atoms with Gasteiger partial charge in [0, 0.05) is 35.0 Å². The van der Waals surface area contributed by atoms with Crippen LogP contribution in [0.4, 0.5) is 0 Å². The number of nitrogens with zero attached hydrogens (tertiary/aromatic N) is 2. The molecule has 3 fully saturated rings. The molecule has 2 aromatic rings. The summed E-state index contributed by atoms with van der Waals surface area (Å²) in [7, 11) is 0. The van der Waals surface area contributed by atoms with Crippen LogP contribution in [0.2, 0.25) is 0 Å². The molecule has 0 radical (unpaired) electrons. The molecule has 0 saturated heterocycles. The van der Waals surface area contributed by atoms with E-state index >= 15 is 0 Å². The summed E-state index contributed by atoms with van der Waals surface area (Å²) in [6.07, 6.45) is 6.07. The lowest BCUT2D eigenvalue weighted by Crippen LogP contribution is -2.54. The minimum Gasteiger partial charge on any atom is -0.361 e. The summed E-state index contributed by atoms with van der Waals surface area (Å²) in [6, 6.07) is 0. The number of aryl methyl sites for hydroxylation is 4. The topological polar surface area (TPSA) is 110 Å². The Morgan fingerprint density at radius 2 is 1.09 bits per heavy atom. The summed E-state index contributed by atoms with van der Waals surface area (Å²) in [5.41, 5.74) is 3.04. The summed E-state index contributed by atoms with van der Waals surface area (Å²) in [4.78, 5) is 26.3. The van der Waals surface area contributed by atoms with Gasteiger partial charge in [0.25, 0.3) is 0 Å². The van der Waals surface area contributed by atoms with E-state index in [0.29, 0.717) is 13.1 Å². The van der Waals surface area contributed by atoms with Crippen molar-refractivity contribution in [2.75, 3.05) is 0 Å². The quantitative estimate of drug-likeness (QED) is 0.645. The van der Waals surface area contributed by atoms with Gasteiger partial charge in [-0.1, -0.05) is 24.2 Å². The summed E-state index contributed by atoms with van der Waals surface area (Å²) in [6.45, 7) is 8.71. The van der Waals surface area contributed by atoms with Gasteiger partial charge in [-0.2, -0.15) is 0 Å². The van der Waals surface area contributed by atoms with Crippen LogP contribution in [0, 0.1) is 24.7 Å². The molecule has 2 aromatic heterocycles. The van der Waals surface area contributed by atoms with Crippen LogP contribution in [0.5, 0.6) is 0 Å². The van der Waals surface area contributed by atoms with Crippen molar-refractivity contribution in [2.24, 2.45) is 10.8 Å². The van der Waals surface area contributed by atoms with Crippen LogP contribution in [0.15, 0.2) is 9.05 Å². The summed E-state index contributed by atoms with van der Waals surface area (Å²) < 4.78 is 10.6. The van der Waals surface area contributed by atoms with Crippen LogP contribution in [0.25, 0.3) is 0 Å². The second-order valence-electron chi connectivity index (χ2n) is 9.46. The maximum absolute atomic E-state index is 13.2. The number of carbonyl (C=O) groups excluding carboxylic acids is 2. The van der Waals surface area contributed by atoms with E-state index in [-0.39, 0.29) is 22.6 Å². The second kappa shape index (κ2) is 8.71. The van der Waals surface area contributed by atoms with Crippen molar-refractivity contribution >= 4 is 11.8 Å². The van der Waals surface area contributed by atoms with E-state index in [1.54, 1.807) is 0 Å². The van der Waals surface area contributed by atoms with Gasteiger partial charge in [-0.25, -0.2) is 0 Å². The standard InChI is InChI=1S/C24H34N4O4/c1-5-19-17(15(3)31-27-19)13-25-21(29)23-7-10-24(11-8-23,12-9-23)22(30)26-14-18-16(4)32-28-20(18)6-2/h5-14H2,1-4H3,(H,25,29)(H,26,30). The number of nitrogens with one attached hydrogen (secondary N) is 2. The first-order valence-electron chi connectivity index (χ1n) is 11.8. The zero-order valence-corrected chi connectivity index (χ0v) is 19.6. The zero-order chi connectivity index (χ0) is 22.9. The lowest BCUT2D eigenvalue weighted by Gasteiger charge is -2.51. The molecule has 32 heavy (non-hydrogen) atoms. The molecule has 174 valence electrons. The third-order valence-corrected chi connectivity index (χ3v) is 7.86. The van der Waals surface area contributed by atoms with E-state index in [0.717, 1.165) is 85.4 Å². The van der Waals surface area contributed by atoms with Crippen molar-refractivity contribution < 1.29 is 18.6 Å². The summed E-state index contributed by atoms with van der Waals surface area (Å²) >= 11 is 0. The molecule has 0 atom stereocenters. The zero-order valence-electron chi connectivity index (χ0n) is 19.6. The predicted molar refractivity (Wildman–Crippen MR) is 117 cm³/mol. The number of fused-ring (bicyclic) bond motifs is 3. The van der Waals surface area contributed by atoms with Gasteiger partial charge in [0.1, 0.15) is 11.5 Å². The molecule has 0 unspecified atom stereocenters. The lowest BCUT2D eigenvalue weighted by atomic mass is 9.53. The molecular weight excluding hydrogens is 408 g/mol. The fourth-order valence-corrected chi connectivity index (χ4v) is 5.46. The number of carbonyl (C=O) groups is 2. The van der Waals surface area contributed by atoms with Gasteiger partial charge < -0.3 is 19.7 Å². The molecule has 8 heteroatoms. The average molecular weight is 443 g/mol. The lowest BCUT2D eigenvalue weighted by molar-refractivity contribution is -0.150. The highest BCUT2D eigenvalue weighted by Crippen LogP contribution is 2.57. The third-order valence-electron chi connectivity index (χ3n) is 7.86. The van der Waals surface area contributed by atoms with Crippen molar-refractivity contribution in [3.8, 4) is 0 Å². The molecule has 3 aliphatic carbocycles. The Hall–Kier alpha value is -2.64. The van der Waals surface area contributed by atoms with E-state index in [9.17, 15) is 9.59 Å². The van der Waals surface area contributed by atoms with Crippen molar-refractivity contribution in [3.63, 3.8) is 0 Å². The van der Waals surface area contributed by atoms with E-state index in [4.69, 9.17) is 9.05 Å². The minimum absolute atomic E-state index is 0.0987. The van der Waals surface area contributed by atoms with Gasteiger partial charge in [0.15, 0.2) is 0 Å². The Labute approximate surface area is 188 Å². The molecule has 2 heterocycles. The highest BCUT2D eigenvalue weighted by molar-refractivity contribution is 5.87. The maximum Gasteiger partial charge on any atom is 0.226 e. The van der Waals surface area contributed by atoms with Crippen LogP contribution in [0.1, 0.15) is 86.4 Å². The summed E-state index contributed by atoms with van der Waals surface area (Å²) in [5.74, 6) is 1.72. The molecule has 5 rings (SSSR count). The van der Waals surface area contributed by atoms with Crippen molar-refractivity contribution in [3.05, 3.63) is 34.0 Å². The molecule has 8 nitrogen and oxygen atoms in total. The molecule has 3 aliphatic rings. The number of aromatic nitrogens is 2. The molecule has 2 bridgehead atoms. The van der Waals surface area contributed by atoms with Crippen LogP contribution in [0.3, 0.4) is 0 Å². The van der Waals surface area contributed by atoms with Gasteiger partial charge in [0.2, 0.25) is 11.8 Å². The monoisotopic (exact) mass is 442 g/mol. The normalized spacial score (nSPS) is 24.5. The fraction of sp³-hybridized carbons (Fsp3) is 0.667. The fourth-order valence-electron chi connectivity index (χ4n) is 5.46. The second-order valence-corrected chi connectivity index (χ2v) is 9.46. The van der Waals surface area contributed by atoms with Gasteiger partial charge in [0.05, 0.1) is 11.4 Å². The van der Waals surface area contributed by atoms with E-state index in [2.05, 4.69) is 20.9 Å². The van der Waals surface area contributed by atoms with Crippen LogP contribution in [-0.4, -0.2) is 22.1 Å². The van der Waals surface area contributed by atoms with E-state index in [1.807, 2.05) is 27.7 Å². The van der Waals surface area contributed by atoms with Gasteiger partial charge in [-0.05, 0) is 65.2 Å². The molecule has 0 spiro atoms. The van der Waals surface area contributed by atoms with Gasteiger partial charge >= 0.3 is 0 Å². The first-order chi connectivity index (χ1) is 15.3. The van der Waals surface area contributed by atoms with Gasteiger partial charge in [-0.3, -0.25) is 9.59 Å². The van der Waals surface area contributed by atoms with Crippen LogP contribution in [-0.2, 0) is 35.5 Å². The average Bonchev–Trinajstić information content (AvgIpc) is 3.37. The van der Waals surface area contributed by atoms with Crippen molar-refractivity contribution in [2.45, 2.75) is 92.2 Å². The van der Waals surface area contributed by atoms with Crippen LogP contribution < -0.4 is 10.6 Å². The smallest absolute Gasteiger partial charge is 0.226 e. The number of hydrogen-bond donors (Lipinski definition) is 2. The molecule has 0 aromatic carbocycles. The largest absolute Gasteiger partial charge is 0.361 e. The van der Waals surface area contributed by atoms with Crippen molar-refractivity contribution in [1.82, 2.24) is 20.9 Å². The highest BCUT2D eigenvalue weighted by atomic mass is 16.5. The molecule has 2 N–H and O–H groups in total. The first-order valence-corrected chi connectivity index (χ1v) is 11.8. The molecular formula is C24H34N4O4. The summed E-state index contributed by atoms with van der Waals surface area (Å²) in [5, 5.41) is 14.4. The van der Waals surface area contributed by atoms with Gasteiger partial charge in [-0.15, -0.1) is 0 Å².